The summed E-state index contributed by atoms with van der Waals surface area (Å²) in [6, 6.07) is 0. The third-order valence-electron chi connectivity index (χ3n) is 2.23. The van der Waals surface area contributed by atoms with Gasteiger partial charge in [-0.1, -0.05) is 13.8 Å². The van der Waals surface area contributed by atoms with Gasteiger partial charge in [-0.15, -0.1) is 11.3 Å². The lowest BCUT2D eigenvalue weighted by atomic mass is 10.1. The van der Waals surface area contributed by atoms with E-state index in [0.29, 0.717) is 12.5 Å². The highest BCUT2D eigenvalue weighted by Gasteiger charge is 2.15. The molecule has 0 spiro atoms. The van der Waals surface area contributed by atoms with Crippen LogP contribution in [0.4, 0.5) is 0 Å². The number of rotatable bonds is 4. The third-order valence-corrected chi connectivity index (χ3v) is 3.34. The molecular weight excluding hydrogens is 208 g/mol. The molecule has 0 saturated heterocycles. The van der Waals surface area contributed by atoms with Crippen molar-refractivity contribution in [1.29, 1.82) is 0 Å². The van der Waals surface area contributed by atoms with Gasteiger partial charge < -0.3 is 4.74 Å². The first-order valence-electron chi connectivity index (χ1n) is 5.30. The Labute approximate surface area is 95.3 Å². The Morgan fingerprint density at radius 3 is 2.73 bits per heavy atom. The number of hydrogen-bond donors (Lipinski definition) is 0. The SMILES string of the molecule is CCOC(=O)c1csc(CC(C)C)c1C. The molecule has 0 amide bonds. The second-order valence-corrected chi connectivity index (χ2v) is 4.98. The third kappa shape index (κ3) is 3.06. The molecule has 0 unspecified atom stereocenters. The lowest BCUT2D eigenvalue weighted by Gasteiger charge is -2.04. The van der Waals surface area contributed by atoms with Crippen LogP contribution >= 0.6 is 11.3 Å². The van der Waals surface area contributed by atoms with Crippen LogP contribution in [0, 0.1) is 12.8 Å². The zero-order chi connectivity index (χ0) is 11.4. The minimum atomic E-state index is -0.193. The summed E-state index contributed by atoms with van der Waals surface area (Å²) in [6.07, 6.45) is 1.04. The number of carbonyl (C=O) groups is 1. The normalized spacial score (nSPS) is 10.7. The molecule has 2 nitrogen and oxygen atoms in total. The van der Waals surface area contributed by atoms with Crippen molar-refractivity contribution < 1.29 is 9.53 Å². The molecule has 0 saturated carbocycles. The molecule has 0 bridgehead atoms. The summed E-state index contributed by atoms with van der Waals surface area (Å²) in [6.45, 7) is 8.63. The molecule has 0 aliphatic heterocycles. The molecule has 0 atom stereocenters. The van der Waals surface area contributed by atoms with Gasteiger partial charge in [0.15, 0.2) is 0 Å². The number of esters is 1. The van der Waals surface area contributed by atoms with E-state index in [1.807, 2.05) is 19.2 Å². The molecule has 84 valence electrons. The maximum atomic E-state index is 11.5. The summed E-state index contributed by atoms with van der Waals surface area (Å²) in [7, 11) is 0. The van der Waals surface area contributed by atoms with Crippen molar-refractivity contribution in [2.24, 2.45) is 5.92 Å². The average molecular weight is 226 g/mol. The quantitative estimate of drug-likeness (QED) is 0.735. The van der Waals surface area contributed by atoms with E-state index >= 15 is 0 Å². The first-order chi connectivity index (χ1) is 7.06. The number of hydrogen-bond acceptors (Lipinski definition) is 3. The van der Waals surface area contributed by atoms with Crippen molar-refractivity contribution in [2.75, 3.05) is 6.61 Å². The van der Waals surface area contributed by atoms with E-state index in [-0.39, 0.29) is 5.97 Å². The van der Waals surface area contributed by atoms with E-state index < -0.39 is 0 Å². The molecule has 1 aromatic rings. The van der Waals surface area contributed by atoms with Crippen molar-refractivity contribution in [3.63, 3.8) is 0 Å². The Bertz CT molecular complexity index is 339. The molecule has 1 rings (SSSR count). The summed E-state index contributed by atoms with van der Waals surface area (Å²) >= 11 is 1.66. The minimum absolute atomic E-state index is 0.193. The van der Waals surface area contributed by atoms with Crippen molar-refractivity contribution in [3.05, 3.63) is 21.4 Å². The van der Waals surface area contributed by atoms with Crippen LogP contribution in [0.2, 0.25) is 0 Å². The highest BCUT2D eigenvalue weighted by molar-refractivity contribution is 7.10. The van der Waals surface area contributed by atoms with Gasteiger partial charge in [0, 0.05) is 10.3 Å². The highest BCUT2D eigenvalue weighted by atomic mass is 32.1. The molecule has 0 N–H and O–H groups in total. The van der Waals surface area contributed by atoms with Crippen LogP contribution in [0.3, 0.4) is 0 Å². The Morgan fingerprint density at radius 2 is 2.20 bits per heavy atom. The average Bonchev–Trinajstić information content (AvgIpc) is 2.48. The van der Waals surface area contributed by atoms with Crippen LogP contribution in [0.5, 0.6) is 0 Å². The van der Waals surface area contributed by atoms with E-state index in [2.05, 4.69) is 13.8 Å². The number of carbonyl (C=O) groups excluding carboxylic acids is 1. The van der Waals surface area contributed by atoms with E-state index in [1.54, 1.807) is 11.3 Å². The molecule has 3 heteroatoms. The van der Waals surface area contributed by atoms with Gasteiger partial charge in [-0.05, 0) is 31.7 Å². The lowest BCUT2D eigenvalue weighted by molar-refractivity contribution is 0.0526. The van der Waals surface area contributed by atoms with Gasteiger partial charge in [0.25, 0.3) is 0 Å². The van der Waals surface area contributed by atoms with E-state index in [0.717, 1.165) is 17.5 Å². The second-order valence-electron chi connectivity index (χ2n) is 4.02. The van der Waals surface area contributed by atoms with Crippen LogP contribution in [0.15, 0.2) is 5.38 Å². The van der Waals surface area contributed by atoms with Crippen LogP contribution < -0.4 is 0 Å². The zero-order valence-corrected chi connectivity index (χ0v) is 10.6. The Hall–Kier alpha value is -0.830. The summed E-state index contributed by atoms with van der Waals surface area (Å²) in [4.78, 5) is 12.8. The summed E-state index contributed by atoms with van der Waals surface area (Å²) in [5, 5.41) is 1.91. The van der Waals surface area contributed by atoms with Gasteiger partial charge in [-0.3, -0.25) is 0 Å². The van der Waals surface area contributed by atoms with Crippen LogP contribution in [0.25, 0.3) is 0 Å². The predicted molar refractivity (Wildman–Crippen MR) is 63.6 cm³/mol. The van der Waals surface area contributed by atoms with Crippen LogP contribution in [-0.4, -0.2) is 12.6 Å². The maximum Gasteiger partial charge on any atom is 0.339 e. The van der Waals surface area contributed by atoms with Crippen LogP contribution in [0.1, 0.15) is 41.6 Å². The van der Waals surface area contributed by atoms with Crippen LogP contribution in [-0.2, 0) is 11.2 Å². The second kappa shape index (κ2) is 5.31. The van der Waals surface area contributed by atoms with Gasteiger partial charge in [-0.25, -0.2) is 4.79 Å². The molecular formula is C12H18O2S. The van der Waals surface area contributed by atoms with Gasteiger partial charge in [0.1, 0.15) is 0 Å². The maximum absolute atomic E-state index is 11.5. The van der Waals surface area contributed by atoms with Crippen molar-refractivity contribution in [3.8, 4) is 0 Å². The monoisotopic (exact) mass is 226 g/mol. The van der Waals surface area contributed by atoms with Crippen molar-refractivity contribution in [1.82, 2.24) is 0 Å². The van der Waals surface area contributed by atoms with Crippen molar-refractivity contribution in [2.45, 2.75) is 34.1 Å². The van der Waals surface area contributed by atoms with E-state index in [1.165, 1.54) is 4.88 Å². The molecule has 0 fully saturated rings. The standard InChI is InChI=1S/C12H18O2S/c1-5-14-12(13)10-7-15-11(9(10)4)6-8(2)3/h7-8H,5-6H2,1-4H3. The summed E-state index contributed by atoms with van der Waals surface area (Å²) in [5.74, 6) is 0.429. The Balaban J connectivity index is 2.84. The number of thiophene rings is 1. The van der Waals surface area contributed by atoms with Gasteiger partial charge >= 0.3 is 5.97 Å². The smallest absolute Gasteiger partial charge is 0.339 e. The first-order valence-corrected chi connectivity index (χ1v) is 6.18. The highest BCUT2D eigenvalue weighted by Crippen LogP contribution is 2.25. The molecule has 1 heterocycles. The predicted octanol–water partition coefficient (Wildman–Crippen LogP) is 3.43. The molecule has 1 aromatic heterocycles. The largest absolute Gasteiger partial charge is 0.462 e. The topological polar surface area (TPSA) is 26.3 Å². The fraction of sp³-hybridized carbons (Fsp3) is 0.583. The zero-order valence-electron chi connectivity index (χ0n) is 9.79. The van der Waals surface area contributed by atoms with E-state index in [9.17, 15) is 4.79 Å². The summed E-state index contributed by atoms with van der Waals surface area (Å²) in [5.41, 5.74) is 1.82. The molecule has 15 heavy (non-hydrogen) atoms. The van der Waals surface area contributed by atoms with E-state index in [4.69, 9.17) is 4.74 Å². The lowest BCUT2D eigenvalue weighted by Crippen LogP contribution is -2.05. The van der Waals surface area contributed by atoms with Gasteiger partial charge in [-0.2, -0.15) is 0 Å². The molecule has 0 aliphatic rings. The summed E-state index contributed by atoms with van der Waals surface area (Å²) < 4.78 is 4.99. The van der Waals surface area contributed by atoms with Gasteiger partial charge in [0.2, 0.25) is 0 Å². The number of ether oxygens (including phenoxy) is 1. The molecule has 0 aliphatic carbocycles. The fourth-order valence-electron chi connectivity index (χ4n) is 1.44. The Morgan fingerprint density at radius 1 is 1.53 bits per heavy atom. The fourth-order valence-corrected chi connectivity index (χ4v) is 2.69. The Kier molecular flexibility index (Phi) is 4.33. The van der Waals surface area contributed by atoms with Gasteiger partial charge in [0.05, 0.1) is 12.2 Å². The van der Waals surface area contributed by atoms with Crippen molar-refractivity contribution >= 4 is 17.3 Å². The minimum Gasteiger partial charge on any atom is -0.462 e. The molecule has 0 aromatic carbocycles. The first kappa shape index (κ1) is 12.2. The molecule has 0 radical (unpaired) electrons.